The number of pyridine rings is 1. The molecule has 0 aliphatic carbocycles. The average molecular weight is 323 g/mol. The molecule has 4 nitrogen and oxygen atoms in total. The Labute approximate surface area is 140 Å². The number of fused-ring (bicyclic) bond motifs is 1. The van der Waals surface area contributed by atoms with E-state index in [0.717, 1.165) is 33.6 Å². The van der Waals surface area contributed by atoms with Crippen molar-refractivity contribution in [1.29, 1.82) is 0 Å². The molecule has 0 spiro atoms. The Morgan fingerprint density at radius 3 is 2.48 bits per heavy atom. The summed E-state index contributed by atoms with van der Waals surface area (Å²) in [6, 6.07) is 18.3. The van der Waals surface area contributed by atoms with Crippen LogP contribution < -0.4 is 0 Å². The van der Waals surface area contributed by atoms with Gasteiger partial charge in [0.05, 0.1) is 17.4 Å². The second-order valence-corrected chi connectivity index (χ2v) is 5.15. The average Bonchev–Trinajstić information content (AvgIpc) is 2.95. The monoisotopic (exact) mass is 322 g/mol. The summed E-state index contributed by atoms with van der Waals surface area (Å²) in [5.41, 5.74) is 6.19. The predicted octanol–water partition coefficient (Wildman–Crippen LogP) is 4.19. The Morgan fingerprint density at radius 2 is 1.70 bits per heavy atom. The lowest BCUT2D eigenvalue weighted by molar-refractivity contribution is 0.966. The summed E-state index contributed by atoms with van der Waals surface area (Å²) >= 11 is 0. The van der Waals surface area contributed by atoms with Crippen molar-refractivity contribution in [2.75, 3.05) is 0 Å². The van der Waals surface area contributed by atoms with Gasteiger partial charge in [-0.3, -0.25) is 0 Å². The standard InChI is InChI=1S/C18H14N4.ClH/c1-13-15(10-11-19-20-13)17-16-9-5-6-12-22(16)21-18(17)14-7-3-2-4-8-14;/h2-12H,1H3;1H. The Hall–Kier alpha value is -2.72. The van der Waals surface area contributed by atoms with Gasteiger partial charge in [0.1, 0.15) is 5.69 Å². The van der Waals surface area contributed by atoms with Crippen LogP contribution in [0, 0.1) is 6.92 Å². The van der Waals surface area contributed by atoms with Crippen molar-refractivity contribution in [3.63, 3.8) is 0 Å². The molecule has 0 N–H and O–H groups in total. The summed E-state index contributed by atoms with van der Waals surface area (Å²) < 4.78 is 1.91. The molecule has 0 atom stereocenters. The van der Waals surface area contributed by atoms with Crippen molar-refractivity contribution in [3.05, 3.63) is 72.7 Å². The van der Waals surface area contributed by atoms with Crippen molar-refractivity contribution in [3.8, 4) is 22.4 Å². The zero-order valence-corrected chi connectivity index (χ0v) is 13.4. The molecular weight excluding hydrogens is 308 g/mol. The van der Waals surface area contributed by atoms with Crippen molar-refractivity contribution < 1.29 is 0 Å². The molecule has 0 aliphatic rings. The third-order valence-corrected chi connectivity index (χ3v) is 3.76. The first-order valence-corrected chi connectivity index (χ1v) is 7.16. The largest absolute Gasteiger partial charge is 0.240 e. The number of halogens is 1. The van der Waals surface area contributed by atoms with Gasteiger partial charge in [0, 0.05) is 22.9 Å². The number of benzene rings is 1. The van der Waals surface area contributed by atoms with Crippen LogP contribution in [0.5, 0.6) is 0 Å². The molecule has 0 aliphatic heterocycles. The molecule has 3 heterocycles. The van der Waals surface area contributed by atoms with Crippen LogP contribution in [0.3, 0.4) is 0 Å². The minimum Gasteiger partial charge on any atom is -0.240 e. The lowest BCUT2D eigenvalue weighted by atomic mass is 9.99. The van der Waals surface area contributed by atoms with Gasteiger partial charge < -0.3 is 0 Å². The molecule has 0 bridgehead atoms. The van der Waals surface area contributed by atoms with Crippen molar-refractivity contribution in [2.45, 2.75) is 6.92 Å². The Kier molecular flexibility index (Phi) is 4.08. The van der Waals surface area contributed by atoms with Crippen molar-refractivity contribution in [2.24, 2.45) is 0 Å². The lowest BCUT2D eigenvalue weighted by Crippen LogP contribution is -1.91. The Balaban J connectivity index is 0.00000156. The van der Waals surface area contributed by atoms with E-state index in [4.69, 9.17) is 5.10 Å². The first-order valence-electron chi connectivity index (χ1n) is 7.16. The summed E-state index contributed by atoms with van der Waals surface area (Å²) in [4.78, 5) is 0. The van der Waals surface area contributed by atoms with Gasteiger partial charge in [-0.15, -0.1) is 12.4 Å². The SMILES string of the molecule is Cc1nnccc1-c1c(-c2ccccc2)nn2ccccc12.Cl. The van der Waals surface area contributed by atoms with E-state index < -0.39 is 0 Å². The van der Waals surface area contributed by atoms with Crippen LogP contribution in [0.25, 0.3) is 27.9 Å². The highest BCUT2D eigenvalue weighted by molar-refractivity contribution is 5.92. The van der Waals surface area contributed by atoms with Crippen LogP contribution in [0.1, 0.15) is 5.69 Å². The Bertz CT molecular complexity index is 948. The summed E-state index contributed by atoms with van der Waals surface area (Å²) in [5.74, 6) is 0. The normalized spacial score (nSPS) is 10.5. The molecule has 5 heteroatoms. The molecular formula is C18H15ClN4. The van der Waals surface area contributed by atoms with Crippen LogP contribution in [0.4, 0.5) is 0 Å². The van der Waals surface area contributed by atoms with E-state index in [1.54, 1.807) is 6.20 Å². The molecule has 114 valence electrons. The van der Waals surface area contributed by atoms with Crippen LogP contribution in [-0.4, -0.2) is 19.8 Å². The first-order chi connectivity index (χ1) is 10.8. The minimum absolute atomic E-state index is 0. The molecule has 23 heavy (non-hydrogen) atoms. The van der Waals surface area contributed by atoms with Crippen molar-refractivity contribution >= 4 is 17.9 Å². The Morgan fingerprint density at radius 1 is 0.913 bits per heavy atom. The predicted molar refractivity (Wildman–Crippen MR) is 93.6 cm³/mol. The third-order valence-electron chi connectivity index (χ3n) is 3.76. The summed E-state index contributed by atoms with van der Waals surface area (Å²) in [7, 11) is 0. The topological polar surface area (TPSA) is 43.1 Å². The second kappa shape index (κ2) is 6.18. The molecule has 0 saturated carbocycles. The summed E-state index contributed by atoms with van der Waals surface area (Å²) in [6.45, 7) is 1.98. The summed E-state index contributed by atoms with van der Waals surface area (Å²) in [5, 5.41) is 12.9. The lowest BCUT2D eigenvalue weighted by Gasteiger charge is -2.05. The molecule has 4 rings (SSSR count). The molecule has 1 aromatic carbocycles. The highest BCUT2D eigenvalue weighted by atomic mass is 35.5. The zero-order valence-electron chi connectivity index (χ0n) is 12.5. The molecule has 0 amide bonds. The number of aryl methyl sites for hydroxylation is 1. The number of hydrogen-bond donors (Lipinski definition) is 0. The molecule has 0 unspecified atom stereocenters. The fraction of sp³-hybridized carbons (Fsp3) is 0.0556. The quantitative estimate of drug-likeness (QED) is 0.556. The second-order valence-electron chi connectivity index (χ2n) is 5.15. The molecule has 4 aromatic rings. The first kappa shape index (κ1) is 15.2. The van der Waals surface area contributed by atoms with Crippen LogP contribution in [0.15, 0.2) is 67.0 Å². The highest BCUT2D eigenvalue weighted by Gasteiger charge is 2.17. The summed E-state index contributed by atoms with van der Waals surface area (Å²) in [6.07, 6.45) is 3.69. The number of rotatable bonds is 2. The third kappa shape index (κ3) is 2.58. The maximum absolute atomic E-state index is 4.77. The van der Waals surface area contributed by atoms with Gasteiger partial charge in [-0.2, -0.15) is 15.3 Å². The van der Waals surface area contributed by atoms with Gasteiger partial charge in [0.25, 0.3) is 0 Å². The molecule has 0 radical (unpaired) electrons. The minimum atomic E-state index is 0. The molecule has 0 saturated heterocycles. The zero-order chi connectivity index (χ0) is 14.9. The van der Waals surface area contributed by atoms with E-state index in [9.17, 15) is 0 Å². The number of aromatic nitrogens is 4. The fourth-order valence-electron chi connectivity index (χ4n) is 2.73. The van der Waals surface area contributed by atoms with E-state index in [1.807, 2.05) is 54.0 Å². The van der Waals surface area contributed by atoms with E-state index in [0.29, 0.717) is 0 Å². The van der Waals surface area contributed by atoms with E-state index >= 15 is 0 Å². The fourth-order valence-corrected chi connectivity index (χ4v) is 2.73. The van der Waals surface area contributed by atoms with Crippen LogP contribution in [0.2, 0.25) is 0 Å². The maximum Gasteiger partial charge on any atom is 0.101 e. The maximum atomic E-state index is 4.77. The number of hydrogen-bond acceptors (Lipinski definition) is 3. The van der Waals surface area contributed by atoms with Crippen LogP contribution >= 0.6 is 12.4 Å². The van der Waals surface area contributed by atoms with Gasteiger partial charge in [0.15, 0.2) is 0 Å². The van der Waals surface area contributed by atoms with Gasteiger partial charge in [0.2, 0.25) is 0 Å². The van der Waals surface area contributed by atoms with E-state index in [2.05, 4.69) is 28.4 Å². The van der Waals surface area contributed by atoms with Gasteiger partial charge >= 0.3 is 0 Å². The number of nitrogens with zero attached hydrogens (tertiary/aromatic N) is 4. The van der Waals surface area contributed by atoms with Gasteiger partial charge in [-0.1, -0.05) is 36.4 Å². The van der Waals surface area contributed by atoms with Crippen molar-refractivity contribution in [1.82, 2.24) is 19.8 Å². The molecule has 0 fully saturated rings. The van der Waals surface area contributed by atoms with E-state index in [-0.39, 0.29) is 12.4 Å². The van der Waals surface area contributed by atoms with E-state index in [1.165, 1.54) is 0 Å². The van der Waals surface area contributed by atoms with Crippen LogP contribution in [-0.2, 0) is 0 Å². The highest BCUT2D eigenvalue weighted by Crippen LogP contribution is 2.35. The van der Waals surface area contributed by atoms with Gasteiger partial charge in [-0.25, -0.2) is 4.52 Å². The van der Waals surface area contributed by atoms with Gasteiger partial charge in [-0.05, 0) is 25.1 Å². The smallest absolute Gasteiger partial charge is 0.101 e. The molecule has 3 aromatic heterocycles.